The summed E-state index contributed by atoms with van der Waals surface area (Å²) in [5, 5.41) is 9.58. The zero-order valence-electron chi connectivity index (χ0n) is 11.6. The minimum absolute atomic E-state index is 0.264. The summed E-state index contributed by atoms with van der Waals surface area (Å²) in [7, 11) is 0. The predicted molar refractivity (Wildman–Crippen MR) is 77.8 cm³/mol. The smallest absolute Gasteiger partial charge is 0.135 e. The molecule has 0 aliphatic carbocycles. The van der Waals surface area contributed by atoms with Gasteiger partial charge in [-0.1, -0.05) is 25.4 Å². The maximum Gasteiger partial charge on any atom is 0.135 e. The van der Waals surface area contributed by atoms with Crippen LogP contribution in [0.3, 0.4) is 0 Å². The van der Waals surface area contributed by atoms with Gasteiger partial charge in [0.15, 0.2) is 0 Å². The van der Waals surface area contributed by atoms with E-state index in [-0.39, 0.29) is 12.5 Å². The first-order valence-corrected chi connectivity index (χ1v) is 7.38. The molecule has 2 rings (SSSR count). The lowest BCUT2D eigenvalue weighted by Crippen LogP contribution is -2.36. The second-order valence-electron chi connectivity index (χ2n) is 5.53. The van der Waals surface area contributed by atoms with Gasteiger partial charge in [0, 0.05) is 31.7 Å². The largest absolute Gasteiger partial charge is 0.396 e. The number of rotatable bonds is 4. The van der Waals surface area contributed by atoms with Crippen molar-refractivity contribution in [2.75, 3.05) is 24.6 Å². The number of piperidine rings is 1. The molecule has 4 nitrogen and oxygen atoms in total. The van der Waals surface area contributed by atoms with E-state index in [2.05, 4.69) is 28.7 Å². The summed E-state index contributed by atoms with van der Waals surface area (Å²) in [5.74, 6) is 2.54. The van der Waals surface area contributed by atoms with Crippen molar-refractivity contribution in [2.45, 2.75) is 39.0 Å². The van der Waals surface area contributed by atoms with Crippen LogP contribution in [0.1, 0.15) is 44.9 Å². The summed E-state index contributed by atoms with van der Waals surface area (Å²) < 4.78 is 0. The highest BCUT2D eigenvalue weighted by atomic mass is 35.5. The van der Waals surface area contributed by atoms with E-state index in [0.29, 0.717) is 11.1 Å². The number of halogens is 1. The van der Waals surface area contributed by atoms with Crippen LogP contribution in [-0.2, 0) is 0 Å². The van der Waals surface area contributed by atoms with Crippen LogP contribution in [-0.4, -0.2) is 34.8 Å². The van der Waals surface area contributed by atoms with Gasteiger partial charge in [-0.05, 0) is 25.2 Å². The van der Waals surface area contributed by atoms with Crippen LogP contribution in [0, 0.1) is 5.92 Å². The molecular weight excluding hydrogens is 262 g/mol. The Hall–Kier alpha value is -0.870. The van der Waals surface area contributed by atoms with Crippen molar-refractivity contribution in [1.82, 2.24) is 9.97 Å². The highest BCUT2D eigenvalue weighted by Crippen LogP contribution is 2.26. The Morgan fingerprint density at radius 3 is 2.95 bits per heavy atom. The Morgan fingerprint density at radius 2 is 2.26 bits per heavy atom. The first-order valence-electron chi connectivity index (χ1n) is 7.00. The van der Waals surface area contributed by atoms with Gasteiger partial charge in [0.1, 0.15) is 16.8 Å². The zero-order valence-corrected chi connectivity index (χ0v) is 12.4. The van der Waals surface area contributed by atoms with E-state index in [0.717, 1.165) is 37.6 Å². The van der Waals surface area contributed by atoms with Gasteiger partial charge in [-0.3, -0.25) is 0 Å². The van der Waals surface area contributed by atoms with Crippen molar-refractivity contribution in [3.8, 4) is 0 Å². The van der Waals surface area contributed by atoms with Crippen LogP contribution in [0.15, 0.2) is 6.07 Å². The fraction of sp³-hybridized carbons (Fsp3) is 0.714. The number of aromatic nitrogens is 2. The summed E-state index contributed by atoms with van der Waals surface area (Å²) >= 11 is 6.09. The third-order valence-corrected chi connectivity index (χ3v) is 3.79. The van der Waals surface area contributed by atoms with Gasteiger partial charge < -0.3 is 10.0 Å². The van der Waals surface area contributed by atoms with Gasteiger partial charge >= 0.3 is 0 Å². The van der Waals surface area contributed by atoms with Crippen molar-refractivity contribution in [1.29, 1.82) is 0 Å². The second-order valence-corrected chi connectivity index (χ2v) is 5.92. The van der Waals surface area contributed by atoms with E-state index in [4.69, 9.17) is 16.7 Å². The van der Waals surface area contributed by atoms with E-state index < -0.39 is 0 Å². The molecule has 1 saturated heterocycles. The van der Waals surface area contributed by atoms with E-state index in [9.17, 15) is 0 Å². The molecule has 1 N–H and O–H groups in total. The molecule has 0 aromatic carbocycles. The van der Waals surface area contributed by atoms with Gasteiger partial charge in [-0.25, -0.2) is 9.97 Å². The van der Waals surface area contributed by atoms with Crippen molar-refractivity contribution >= 4 is 17.4 Å². The molecule has 1 aliphatic heterocycles. The number of hydrogen-bond donors (Lipinski definition) is 1. The second kappa shape index (κ2) is 6.53. The molecule has 5 heteroatoms. The van der Waals surface area contributed by atoms with Gasteiger partial charge in [-0.2, -0.15) is 0 Å². The lowest BCUT2D eigenvalue weighted by Gasteiger charge is -2.33. The first kappa shape index (κ1) is 14.5. The molecule has 0 spiro atoms. The van der Waals surface area contributed by atoms with Crippen LogP contribution in [0.25, 0.3) is 0 Å². The fourth-order valence-corrected chi connectivity index (χ4v) is 2.72. The molecule has 0 bridgehead atoms. The van der Waals surface area contributed by atoms with Crippen molar-refractivity contribution in [2.24, 2.45) is 5.92 Å². The number of nitrogens with zero attached hydrogens (tertiary/aromatic N) is 3. The molecule has 1 unspecified atom stereocenters. The maximum atomic E-state index is 9.07. The zero-order chi connectivity index (χ0) is 13.8. The van der Waals surface area contributed by atoms with Gasteiger partial charge in [0.05, 0.1) is 0 Å². The molecule has 0 radical (unpaired) electrons. The lowest BCUT2D eigenvalue weighted by atomic mass is 9.95. The quantitative estimate of drug-likeness (QED) is 0.863. The van der Waals surface area contributed by atoms with Crippen molar-refractivity contribution in [3.05, 3.63) is 17.0 Å². The number of aliphatic hydroxyl groups is 1. The van der Waals surface area contributed by atoms with Crippen LogP contribution in [0.4, 0.5) is 5.82 Å². The molecule has 1 fully saturated rings. The van der Waals surface area contributed by atoms with Gasteiger partial charge in [-0.15, -0.1) is 0 Å². The van der Waals surface area contributed by atoms with Crippen LogP contribution < -0.4 is 4.90 Å². The van der Waals surface area contributed by atoms with E-state index in [1.807, 2.05) is 6.07 Å². The Labute approximate surface area is 119 Å². The maximum absolute atomic E-state index is 9.07. The summed E-state index contributed by atoms with van der Waals surface area (Å²) in [5.41, 5.74) is 0. The SMILES string of the molecule is CC(C)c1nc(Cl)cc(N2CCCC(CCO)C2)n1. The molecule has 1 aliphatic rings. The third kappa shape index (κ3) is 3.80. The Bertz CT molecular complexity index is 423. The van der Waals surface area contributed by atoms with Crippen LogP contribution >= 0.6 is 11.6 Å². The van der Waals surface area contributed by atoms with Crippen LogP contribution in [0.2, 0.25) is 5.15 Å². The fourth-order valence-electron chi connectivity index (χ4n) is 2.53. The molecule has 19 heavy (non-hydrogen) atoms. The lowest BCUT2D eigenvalue weighted by molar-refractivity contribution is 0.244. The molecule has 0 amide bonds. The molecule has 106 valence electrons. The van der Waals surface area contributed by atoms with E-state index in [1.54, 1.807) is 0 Å². The van der Waals surface area contributed by atoms with Gasteiger partial charge in [0.25, 0.3) is 0 Å². The average molecular weight is 284 g/mol. The minimum Gasteiger partial charge on any atom is -0.396 e. The minimum atomic E-state index is 0.264. The van der Waals surface area contributed by atoms with Crippen molar-refractivity contribution < 1.29 is 5.11 Å². The number of aliphatic hydroxyl groups excluding tert-OH is 1. The van der Waals surface area contributed by atoms with Crippen LogP contribution in [0.5, 0.6) is 0 Å². The number of anilines is 1. The third-order valence-electron chi connectivity index (χ3n) is 3.60. The van der Waals surface area contributed by atoms with E-state index >= 15 is 0 Å². The topological polar surface area (TPSA) is 49.2 Å². The molecule has 2 heterocycles. The molecule has 1 aromatic rings. The highest BCUT2D eigenvalue weighted by molar-refractivity contribution is 6.29. The summed E-state index contributed by atoms with van der Waals surface area (Å²) in [4.78, 5) is 11.2. The predicted octanol–water partition coefficient (Wildman–Crippen LogP) is 2.85. The Balaban J connectivity index is 2.16. The highest BCUT2D eigenvalue weighted by Gasteiger charge is 2.21. The van der Waals surface area contributed by atoms with Crippen molar-refractivity contribution in [3.63, 3.8) is 0 Å². The average Bonchev–Trinajstić information content (AvgIpc) is 2.38. The van der Waals surface area contributed by atoms with Gasteiger partial charge in [0.2, 0.25) is 0 Å². The molecule has 1 atom stereocenters. The monoisotopic (exact) mass is 283 g/mol. The first-order chi connectivity index (χ1) is 9.10. The summed E-state index contributed by atoms with van der Waals surface area (Å²) in [6.07, 6.45) is 3.20. The Morgan fingerprint density at radius 1 is 1.47 bits per heavy atom. The standard InChI is InChI=1S/C14H22ClN3O/c1-10(2)14-16-12(15)8-13(17-14)18-6-3-4-11(9-18)5-7-19/h8,10-11,19H,3-7,9H2,1-2H3. The summed E-state index contributed by atoms with van der Waals surface area (Å²) in [6.45, 7) is 6.36. The molecule has 0 saturated carbocycles. The normalized spacial score (nSPS) is 20.1. The number of hydrogen-bond acceptors (Lipinski definition) is 4. The molecule has 1 aromatic heterocycles. The summed E-state index contributed by atoms with van der Waals surface area (Å²) in [6, 6.07) is 1.84. The van der Waals surface area contributed by atoms with E-state index in [1.165, 1.54) is 6.42 Å². The Kier molecular flexibility index (Phi) is 4.99. The molecular formula is C14H22ClN3O.